The molecule has 3 rings (SSSR count). The largest absolute Gasteiger partial charge is 0.496 e. The molecule has 0 aliphatic heterocycles. The molecule has 4 nitrogen and oxygen atoms in total. The molecule has 102 valence electrons. The van der Waals surface area contributed by atoms with Crippen molar-refractivity contribution in [2.45, 2.75) is 13.5 Å². The highest BCUT2D eigenvalue weighted by Crippen LogP contribution is 2.25. The minimum absolute atomic E-state index is 0.0328. The minimum atomic E-state index is 0.0328. The van der Waals surface area contributed by atoms with Gasteiger partial charge in [0.15, 0.2) is 0 Å². The predicted octanol–water partition coefficient (Wildman–Crippen LogP) is 2.81. The van der Waals surface area contributed by atoms with Crippen LogP contribution in [0.3, 0.4) is 0 Å². The zero-order chi connectivity index (χ0) is 14.1. The molecular weight excluding hydrogens is 252 g/mol. The second kappa shape index (κ2) is 4.98. The van der Waals surface area contributed by atoms with E-state index in [9.17, 15) is 0 Å². The third kappa shape index (κ3) is 2.14. The summed E-state index contributed by atoms with van der Waals surface area (Å²) in [5.74, 6) is 0.875. The summed E-state index contributed by atoms with van der Waals surface area (Å²) in [4.78, 5) is 4.60. The second-order valence-electron chi connectivity index (χ2n) is 4.77. The average molecular weight is 268 g/mol. The molecular formula is C16H16N2O2. The lowest BCUT2D eigenvalue weighted by atomic mass is 10.1. The van der Waals surface area contributed by atoms with Crippen molar-refractivity contribution in [1.29, 1.82) is 0 Å². The van der Waals surface area contributed by atoms with Crippen molar-refractivity contribution < 1.29 is 9.84 Å². The normalized spacial score (nSPS) is 10.9. The number of imidazole rings is 1. The highest BCUT2D eigenvalue weighted by atomic mass is 16.5. The number of fused-ring (bicyclic) bond motifs is 1. The Labute approximate surface area is 117 Å². The van der Waals surface area contributed by atoms with Crippen LogP contribution in [0.15, 0.2) is 42.7 Å². The Bertz CT molecular complexity index is 762. The Hall–Kier alpha value is -2.33. The van der Waals surface area contributed by atoms with Crippen LogP contribution in [-0.4, -0.2) is 21.6 Å². The Kier molecular flexibility index (Phi) is 3.16. The van der Waals surface area contributed by atoms with E-state index in [1.807, 2.05) is 48.0 Å². The van der Waals surface area contributed by atoms with Gasteiger partial charge in [0.05, 0.1) is 19.4 Å². The zero-order valence-electron chi connectivity index (χ0n) is 11.5. The average Bonchev–Trinajstić information content (AvgIpc) is 2.89. The number of methoxy groups -OCH3 is 1. The van der Waals surface area contributed by atoms with Crippen LogP contribution in [0.4, 0.5) is 0 Å². The number of nitrogens with zero attached hydrogens (tertiary/aromatic N) is 2. The van der Waals surface area contributed by atoms with Crippen LogP contribution < -0.4 is 4.74 Å². The van der Waals surface area contributed by atoms with Crippen LogP contribution in [0.2, 0.25) is 0 Å². The third-order valence-electron chi connectivity index (χ3n) is 3.39. The Morgan fingerprint density at radius 2 is 2.05 bits per heavy atom. The zero-order valence-corrected chi connectivity index (χ0v) is 11.5. The highest BCUT2D eigenvalue weighted by molar-refractivity contribution is 5.64. The third-order valence-corrected chi connectivity index (χ3v) is 3.39. The van der Waals surface area contributed by atoms with Crippen LogP contribution in [-0.2, 0) is 6.61 Å². The summed E-state index contributed by atoms with van der Waals surface area (Å²) in [5.41, 5.74) is 4.78. The summed E-state index contributed by atoms with van der Waals surface area (Å²) < 4.78 is 7.20. The van der Waals surface area contributed by atoms with Crippen molar-refractivity contribution in [2.75, 3.05) is 7.11 Å². The number of hydrogen-bond acceptors (Lipinski definition) is 3. The summed E-state index contributed by atoms with van der Waals surface area (Å²) in [6.07, 6.45) is 3.86. The Balaban J connectivity index is 2.07. The maximum Gasteiger partial charge on any atom is 0.137 e. The molecule has 0 atom stereocenters. The van der Waals surface area contributed by atoms with Crippen LogP contribution >= 0.6 is 0 Å². The van der Waals surface area contributed by atoms with E-state index in [4.69, 9.17) is 9.84 Å². The molecule has 0 bridgehead atoms. The van der Waals surface area contributed by atoms with Crippen molar-refractivity contribution in [3.63, 3.8) is 0 Å². The number of aromatic nitrogens is 2. The number of rotatable bonds is 3. The van der Waals surface area contributed by atoms with E-state index in [2.05, 4.69) is 11.1 Å². The molecule has 0 saturated heterocycles. The van der Waals surface area contributed by atoms with Crippen molar-refractivity contribution in [3.8, 4) is 17.0 Å². The maximum atomic E-state index is 9.17. The van der Waals surface area contributed by atoms with Gasteiger partial charge in [0.2, 0.25) is 0 Å². The minimum Gasteiger partial charge on any atom is -0.496 e. The Morgan fingerprint density at radius 3 is 2.75 bits per heavy atom. The van der Waals surface area contributed by atoms with Crippen molar-refractivity contribution in [2.24, 2.45) is 0 Å². The fourth-order valence-electron chi connectivity index (χ4n) is 2.31. The molecule has 0 fully saturated rings. The summed E-state index contributed by atoms with van der Waals surface area (Å²) in [6, 6.07) is 9.80. The van der Waals surface area contributed by atoms with Gasteiger partial charge in [-0.25, -0.2) is 4.98 Å². The summed E-state index contributed by atoms with van der Waals surface area (Å²) in [5, 5.41) is 9.17. The number of aryl methyl sites for hydroxylation is 1. The van der Waals surface area contributed by atoms with E-state index >= 15 is 0 Å². The molecule has 4 heteroatoms. The van der Waals surface area contributed by atoms with Gasteiger partial charge >= 0.3 is 0 Å². The second-order valence-corrected chi connectivity index (χ2v) is 4.77. The quantitative estimate of drug-likeness (QED) is 0.794. The first-order valence-electron chi connectivity index (χ1n) is 6.45. The number of benzene rings is 1. The molecule has 20 heavy (non-hydrogen) atoms. The summed E-state index contributed by atoms with van der Waals surface area (Å²) in [6.45, 7) is 2.05. The highest BCUT2D eigenvalue weighted by Gasteiger charge is 2.07. The smallest absolute Gasteiger partial charge is 0.137 e. The number of hydrogen-bond donors (Lipinski definition) is 1. The molecule has 2 aromatic heterocycles. The molecule has 2 heterocycles. The van der Waals surface area contributed by atoms with E-state index < -0.39 is 0 Å². The van der Waals surface area contributed by atoms with Crippen LogP contribution in [0.25, 0.3) is 16.9 Å². The molecule has 3 aromatic rings. The van der Waals surface area contributed by atoms with Gasteiger partial charge < -0.3 is 14.2 Å². The fourth-order valence-corrected chi connectivity index (χ4v) is 2.31. The Morgan fingerprint density at radius 1 is 1.20 bits per heavy atom. The molecule has 0 unspecified atom stereocenters. The molecule has 0 amide bonds. The number of ether oxygens (including phenoxy) is 1. The number of aliphatic hydroxyl groups is 1. The monoisotopic (exact) mass is 268 g/mol. The van der Waals surface area contributed by atoms with Crippen molar-refractivity contribution >= 4 is 5.65 Å². The molecule has 1 aromatic carbocycles. The molecule has 0 radical (unpaired) electrons. The van der Waals surface area contributed by atoms with Gasteiger partial charge in [0, 0.05) is 18.0 Å². The van der Waals surface area contributed by atoms with Gasteiger partial charge in [-0.3, -0.25) is 0 Å². The lowest BCUT2D eigenvalue weighted by Gasteiger charge is -2.05. The first-order valence-corrected chi connectivity index (χ1v) is 6.45. The van der Waals surface area contributed by atoms with Crippen LogP contribution in [0.5, 0.6) is 5.75 Å². The van der Waals surface area contributed by atoms with Gasteiger partial charge in [-0.15, -0.1) is 0 Å². The lowest BCUT2D eigenvalue weighted by Crippen LogP contribution is -1.88. The maximum absolute atomic E-state index is 9.17. The van der Waals surface area contributed by atoms with E-state index in [1.54, 1.807) is 7.11 Å². The van der Waals surface area contributed by atoms with Gasteiger partial charge in [-0.2, -0.15) is 0 Å². The molecule has 0 aliphatic rings. The van der Waals surface area contributed by atoms with Gasteiger partial charge in [0.25, 0.3) is 0 Å². The van der Waals surface area contributed by atoms with Crippen molar-refractivity contribution in [1.82, 2.24) is 9.38 Å². The molecule has 1 N–H and O–H groups in total. The lowest BCUT2D eigenvalue weighted by molar-refractivity contribution is 0.281. The summed E-state index contributed by atoms with van der Waals surface area (Å²) >= 11 is 0. The number of pyridine rings is 1. The summed E-state index contributed by atoms with van der Waals surface area (Å²) in [7, 11) is 1.67. The topological polar surface area (TPSA) is 46.8 Å². The van der Waals surface area contributed by atoms with Gasteiger partial charge in [-0.1, -0.05) is 6.07 Å². The SMILES string of the molecule is COc1ccc(-c2cn3cc(CO)ccc3n2)cc1C. The van der Waals surface area contributed by atoms with E-state index in [0.29, 0.717) is 0 Å². The number of aliphatic hydroxyl groups excluding tert-OH is 1. The fraction of sp³-hybridized carbons (Fsp3) is 0.188. The first-order chi connectivity index (χ1) is 9.71. The van der Waals surface area contributed by atoms with Gasteiger partial charge in [0.1, 0.15) is 11.4 Å². The molecule has 0 saturated carbocycles. The molecule has 0 aliphatic carbocycles. The van der Waals surface area contributed by atoms with Crippen LogP contribution in [0, 0.1) is 6.92 Å². The first kappa shape index (κ1) is 12.7. The van der Waals surface area contributed by atoms with Crippen molar-refractivity contribution in [3.05, 3.63) is 53.9 Å². The van der Waals surface area contributed by atoms with E-state index in [1.165, 1.54) is 0 Å². The van der Waals surface area contributed by atoms with Gasteiger partial charge in [-0.05, 0) is 42.3 Å². The van der Waals surface area contributed by atoms with E-state index in [-0.39, 0.29) is 6.61 Å². The standard InChI is InChI=1S/C16H16N2O2/c1-11-7-13(4-5-15(11)20-2)14-9-18-8-12(10-19)3-6-16(18)17-14/h3-9,19H,10H2,1-2H3. The van der Waals surface area contributed by atoms with Crippen LogP contribution in [0.1, 0.15) is 11.1 Å². The predicted molar refractivity (Wildman–Crippen MR) is 77.8 cm³/mol. The van der Waals surface area contributed by atoms with E-state index in [0.717, 1.165) is 33.8 Å². The molecule has 0 spiro atoms.